The summed E-state index contributed by atoms with van der Waals surface area (Å²) in [6.45, 7) is 23.9. The van der Waals surface area contributed by atoms with Crippen LogP contribution in [0.1, 0.15) is 116 Å². The van der Waals surface area contributed by atoms with E-state index in [-0.39, 0.29) is 81.1 Å². The molecule has 1 N–H and O–H groups in total. The van der Waals surface area contributed by atoms with Gasteiger partial charge in [-0.15, -0.1) is 0 Å². The van der Waals surface area contributed by atoms with Crippen LogP contribution in [-0.4, -0.2) is 129 Å². The number of rotatable bonds is 10. The lowest BCUT2D eigenvalue weighted by Crippen LogP contribution is -2.56. The number of piperazine rings is 2. The number of pyridine rings is 4. The van der Waals surface area contributed by atoms with Crippen LogP contribution in [0.2, 0.25) is 15.2 Å². The van der Waals surface area contributed by atoms with Crippen LogP contribution < -0.4 is 21.2 Å². The smallest absolute Gasteiger partial charge is 0.410 e. The van der Waals surface area contributed by atoms with Crippen molar-refractivity contribution in [1.29, 1.82) is 0 Å². The second kappa shape index (κ2) is 22.6. The van der Waals surface area contributed by atoms with Crippen molar-refractivity contribution < 1.29 is 28.6 Å². The zero-order valence-corrected chi connectivity index (χ0v) is 49.7. The van der Waals surface area contributed by atoms with Gasteiger partial charge in [0.2, 0.25) is 0 Å². The van der Waals surface area contributed by atoms with Crippen LogP contribution in [0, 0.1) is 19.7 Å². The minimum absolute atomic E-state index is 0.00705. The van der Waals surface area contributed by atoms with Crippen molar-refractivity contribution in [2.24, 2.45) is 0 Å². The van der Waals surface area contributed by atoms with Crippen LogP contribution in [0.3, 0.4) is 0 Å². The number of hydrogen-bond acceptors (Lipinski definition) is 15. The summed E-state index contributed by atoms with van der Waals surface area (Å²) < 4.78 is 30.1. The standard InChI is InChI=1S/C58H66Cl3FN12O7/c1-30(2)43-46(32(4)18-20-63-43)73-51-36(26-38(59)45(65-51)42-40(62)14-13-15-41(42)75)50(68-53(73)76)70-23-25-72(56(79)81-58(10,11)12)35(29-70)17-16-31(3)44-47(33(5)19-21-64-44)74-52-37(27-39(60)48(61)66-52)49(67-54(74)77)69-22-24-71(34(6)28-69)55(78)80-57(7,8)9/h13-15,18-21,26-27,30-31,34-35,75H,16-17,22-25,28-29H2,1-12H3/t31?,34-,35-/m1/s1. The van der Waals surface area contributed by atoms with E-state index in [0.717, 1.165) is 0 Å². The number of anilines is 2. The molecule has 6 aromatic heterocycles. The molecule has 0 spiro atoms. The molecular weight excluding hydrogens is 1100 g/mol. The molecule has 2 aliphatic rings. The third-order valence-electron chi connectivity index (χ3n) is 14.5. The second-order valence-corrected chi connectivity index (χ2v) is 24.3. The van der Waals surface area contributed by atoms with Crippen LogP contribution in [0.15, 0.2) is 64.4 Å². The van der Waals surface area contributed by atoms with E-state index in [1.165, 1.54) is 27.3 Å². The average molecular weight is 1170 g/mol. The minimum Gasteiger partial charge on any atom is -0.507 e. The third-order valence-corrected chi connectivity index (χ3v) is 15.4. The number of hydrogen-bond donors (Lipinski definition) is 1. The van der Waals surface area contributed by atoms with Gasteiger partial charge < -0.3 is 34.2 Å². The van der Waals surface area contributed by atoms with Crippen molar-refractivity contribution in [1.82, 2.24) is 48.8 Å². The Morgan fingerprint density at radius 1 is 0.716 bits per heavy atom. The molecule has 2 amide bonds. The molecule has 428 valence electrons. The van der Waals surface area contributed by atoms with E-state index in [9.17, 15) is 24.3 Å². The lowest BCUT2D eigenvalue weighted by atomic mass is 9.94. The minimum atomic E-state index is -0.825. The lowest BCUT2D eigenvalue weighted by Gasteiger charge is -2.42. The van der Waals surface area contributed by atoms with Crippen molar-refractivity contribution in [3.05, 3.63) is 119 Å². The predicted octanol–water partition coefficient (Wildman–Crippen LogP) is 11.3. The Balaban J connectivity index is 1.10. The fourth-order valence-electron chi connectivity index (χ4n) is 10.7. The van der Waals surface area contributed by atoms with Crippen molar-refractivity contribution in [3.8, 4) is 28.4 Å². The molecule has 81 heavy (non-hydrogen) atoms. The SMILES string of the molecule is Cc1ccnc(C(C)C)c1-n1c(=O)nc(N2CCN(C(=O)OC(C)(C)C)[C@H](CCC(C)c3nccc(C)c3-n3c(=O)nc(N4CCN(C(=O)OC(C)(C)C)[C@H](C)C4)c4cc(Cl)c(Cl)nc43)C2)c2cc(Cl)c(-c3c(O)cccc3F)nc21. The number of aryl methyl sites for hydroxylation is 2. The zero-order valence-electron chi connectivity index (χ0n) is 47.4. The molecule has 1 aromatic carbocycles. The summed E-state index contributed by atoms with van der Waals surface area (Å²) in [5.41, 5.74) is 0.629. The van der Waals surface area contributed by atoms with Gasteiger partial charge in [0.1, 0.15) is 39.6 Å². The third kappa shape index (κ3) is 11.8. The Hall–Kier alpha value is -7.16. The number of aromatic hydroxyl groups is 1. The number of halogens is 4. The molecule has 7 aromatic rings. The van der Waals surface area contributed by atoms with Crippen LogP contribution in [0.4, 0.5) is 25.6 Å². The first kappa shape index (κ1) is 58.5. The summed E-state index contributed by atoms with van der Waals surface area (Å²) >= 11 is 20.4. The highest BCUT2D eigenvalue weighted by Gasteiger charge is 2.38. The molecule has 3 atom stereocenters. The largest absolute Gasteiger partial charge is 0.507 e. The summed E-state index contributed by atoms with van der Waals surface area (Å²) in [6, 6.07) is 9.83. The maximum Gasteiger partial charge on any atom is 0.410 e. The maximum absolute atomic E-state index is 15.6. The first-order valence-electron chi connectivity index (χ1n) is 26.9. The molecule has 23 heteroatoms. The fraction of sp³-hybridized carbons (Fsp3) is 0.448. The molecule has 0 bridgehead atoms. The number of aromatic nitrogens is 8. The summed E-state index contributed by atoms with van der Waals surface area (Å²) in [4.78, 5) is 92.7. The van der Waals surface area contributed by atoms with E-state index < -0.39 is 52.4 Å². The van der Waals surface area contributed by atoms with E-state index in [4.69, 9.17) is 64.2 Å². The zero-order chi connectivity index (χ0) is 58.7. The van der Waals surface area contributed by atoms with Crippen LogP contribution >= 0.6 is 34.8 Å². The highest BCUT2D eigenvalue weighted by molar-refractivity contribution is 6.41. The van der Waals surface area contributed by atoms with E-state index in [2.05, 4.69) is 9.97 Å². The molecule has 2 fully saturated rings. The van der Waals surface area contributed by atoms with Gasteiger partial charge in [0.15, 0.2) is 11.3 Å². The highest BCUT2D eigenvalue weighted by atomic mass is 35.5. The van der Waals surface area contributed by atoms with Crippen LogP contribution in [-0.2, 0) is 9.47 Å². The number of nitrogens with zero attached hydrogens (tertiary/aromatic N) is 12. The molecule has 0 saturated carbocycles. The van der Waals surface area contributed by atoms with Gasteiger partial charge in [0, 0.05) is 63.6 Å². The molecule has 19 nitrogen and oxygen atoms in total. The van der Waals surface area contributed by atoms with E-state index >= 15 is 4.39 Å². The van der Waals surface area contributed by atoms with Crippen LogP contribution in [0.5, 0.6) is 5.75 Å². The number of ether oxygens (including phenoxy) is 2. The van der Waals surface area contributed by atoms with E-state index in [0.29, 0.717) is 83.0 Å². The Kier molecular flexibility index (Phi) is 16.4. The molecular formula is C58H66Cl3FN12O7. The van der Waals surface area contributed by atoms with Gasteiger partial charge in [-0.3, -0.25) is 9.97 Å². The maximum atomic E-state index is 15.6. The fourth-order valence-corrected chi connectivity index (χ4v) is 11.2. The van der Waals surface area contributed by atoms with E-state index in [1.54, 1.807) is 67.2 Å². The number of phenolic OH excluding ortho intramolecular Hbond substituents is 1. The number of carbonyl (C=O) groups is 2. The molecule has 8 heterocycles. The Bertz CT molecular complexity index is 3730. The number of carbonyl (C=O) groups excluding carboxylic acids is 2. The van der Waals surface area contributed by atoms with Gasteiger partial charge in [0.25, 0.3) is 0 Å². The van der Waals surface area contributed by atoms with Crippen molar-refractivity contribution in [3.63, 3.8) is 0 Å². The predicted molar refractivity (Wildman–Crippen MR) is 313 cm³/mol. The number of phenols is 1. The van der Waals surface area contributed by atoms with Gasteiger partial charge in [-0.25, -0.2) is 42.7 Å². The Labute approximate surface area is 483 Å². The van der Waals surface area contributed by atoms with Crippen molar-refractivity contribution >= 4 is 80.7 Å². The van der Waals surface area contributed by atoms with Gasteiger partial charge >= 0.3 is 23.6 Å². The average Bonchev–Trinajstić information content (AvgIpc) is 3.44. The molecule has 2 saturated heterocycles. The summed E-state index contributed by atoms with van der Waals surface area (Å²) in [7, 11) is 0. The molecule has 9 rings (SSSR count). The number of amides is 2. The second-order valence-electron chi connectivity index (χ2n) is 23.2. The topological polar surface area (TPSA) is 207 Å². The van der Waals surface area contributed by atoms with Gasteiger partial charge in [-0.05, 0) is 129 Å². The van der Waals surface area contributed by atoms with Crippen LogP contribution in [0.25, 0.3) is 44.7 Å². The van der Waals surface area contributed by atoms with E-state index in [1.807, 2.05) is 72.1 Å². The molecule has 0 radical (unpaired) electrons. The first-order chi connectivity index (χ1) is 38.1. The van der Waals surface area contributed by atoms with Gasteiger partial charge in [-0.1, -0.05) is 61.6 Å². The lowest BCUT2D eigenvalue weighted by molar-refractivity contribution is 0.0124. The Morgan fingerprint density at radius 3 is 1.79 bits per heavy atom. The van der Waals surface area contributed by atoms with Crippen molar-refractivity contribution in [2.75, 3.05) is 49.1 Å². The Morgan fingerprint density at radius 2 is 1.23 bits per heavy atom. The molecule has 1 unspecified atom stereocenters. The number of fused-ring (bicyclic) bond motifs is 2. The van der Waals surface area contributed by atoms with Gasteiger partial charge in [-0.2, -0.15) is 9.97 Å². The van der Waals surface area contributed by atoms with Gasteiger partial charge in [0.05, 0.1) is 60.9 Å². The molecule has 2 aliphatic heterocycles. The highest BCUT2D eigenvalue weighted by Crippen LogP contribution is 2.41. The number of benzene rings is 1. The quantitative estimate of drug-likeness (QED) is 0.126. The normalized spacial score (nSPS) is 16.7. The first-order valence-corrected chi connectivity index (χ1v) is 28.1. The monoisotopic (exact) mass is 1170 g/mol. The summed E-state index contributed by atoms with van der Waals surface area (Å²) in [6.07, 6.45) is 3.19. The summed E-state index contributed by atoms with van der Waals surface area (Å²) in [5.74, 6) is -1.09. The summed E-state index contributed by atoms with van der Waals surface area (Å²) in [5, 5.41) is 11.9. The molecule has 0 aliphatic carbocycles. The van der Waals surface area contributed by atoms with Crippen molar-refractivity contribution in [2.45, 2.75) is 131 Å².